The lowest BCUT2D eigenvalue weighted by Gasteiger charge is -2.06. The van der Waals surface area contributed by atoms with Crippen LogP contribution in [0.25, 0.3) is 0 Å². The van der Waals surface area contributed by atoms with Crippen LogP contribution in [0.15, 0.2) is 42.5 Å². The normalized spacial score (nSPS) is 12.4. The van der Waals surface area contributed by atoms with Gasteiger partial charge in [0.1, 0.15) is 5.82 Å². The summed E-state index contributed by atoms with van der Waals surface area (Å²) in [6.45, 7) is 0. The van der Waals surface area contributed by atoms with Crippen LogP contribution < -0.4 is 0 Å². The van der Waals surface area contributed by atoms with Gasteiger partial charge in [-0.25, -0.2) is 4.39 Å². The Hall–Kier alpha value is -0.900. The molecule has 0 aliphatic carbocycles. The maximum Gasteiger partial charge on any atom is 0.124 e. The fourth-order valence-corrected chi connectivity index (χ4v) is 3.55. The molecule has 0 saturated heterocycles. The van der Waals surface area contributed by atoms with Gasteiger partial charge < -0.3 is 0 Å². The summed E-state index contributed by atoms with van der Waals surface area (Å²) in [5.41, 5.74) is 1.51. The van der Waals surface area contributed by atoms with Crippen molar-refractivity contribution < 1.29 is 8.60 Å². The predicted molar refractivity (Wildman–Crippen MR) is 78.4 cm³/mol. The van der Waals surface area contributed by atoms with Gasteiger partial charge in [0.15, 0.2) is 0 Å². The van der Waals surface area contributed by atoms with Gasteiger partial charge in [-0.05, 0) is 29.3 Å². The third kappa shape index (κ3) is 4.03. The first-order valence-electron chi connectivity index (χ1n) is 5.58. The van der Waals surface area contributed by atoms with Crippen LogP contribution in [0.2, 0.25) is 10.0 Å². The van der Waals surface area contributed by atoms with E-state index in [0.717, 1.165) is 5.56 Å². The van der Waals surface area contributed by atoms with Gasteiger partial charge in [-0.2, -0.15) is 0 Å². The van der Waals surface area contributed by atoms with E-state index in [1.807, 2.05) is 18.2 Å². The number of hydrogen-bond acceptors (Lipinski definition) is 1. The Balaban J connectivity index is 2.08. The fraction of sp³-hybridized carbons (Fsp3) is 0.143. The molecule has 0 spiro atoms. The average molecular weight is 317 g/mol. The lowest BCUT2D eigenvalue weighted by molar-refractivity contribution is 0.627. The van der Waals surface area contributed by atoms with Gasteiger partial charge in [0.05, 0.1) is 11.5 Å². The van der Waals surface area contributed by atoms with Crippen molar-refractivity contribution in [3.63, 3.8) is 0 Å². The zero-order chi connectivity index (χ0) is 13.8. The van der Waals surface area contributed by atoms with E-state index in [0.29, 0.717) is 21.4 Å². The third-order valence-corrected chi connectivity index (χ3v) is 4.59. The zero-order valence-corrected chi connectivity index (χ0v) is 12.2. The van der Waals surface area contributed by atoms with Crippen LogP contribution in [0.5, 0.6) is 0 Å². The molecule has 2 aromatic carbocycles. The van der Waals surface area contributed by atoms with Crippen LogP contribution >= 0.6 is 23.2 Å². The molecule has 0 amide bonds. The zero-order valence-electron chi connectivity index (χ0n) is 9.91. The van der Waals surface area contributed by atoms with Gasteiger partial charge in [-0.3, -0.25) is 4.21 Å². The van der Waals surface area contributed by atoms with Crippen molar-refractivity contribution in [2.24, 2.45) is 0 Å². The minimum Gasteiger partial charge on any atom is -0.259 e. The summed E-state index contributed by atoms with van der Waals surface area (Å²) in [6, 6.07) is 11.4. The minimum absolute atomic E-state index is 0.282. The SMILES string of the molecule is O=S(Cc1ccccc1Cl)Cc1ccc(F)cc1Cl. The second-order valence-electron chi connectivity index (χ2n) is 4.06. The predicted octanol–water partition coefficient (Wildman–Crippen LogP) is 4.58. The molecule has 0 aliphatic rings. The first kappa shape index (κ1) is 14.5. The van der Waals surface area contributed by atoms with Crippen LogP contribution in [0, 0.1) is 5.82 Å². The molecule has 0 fully saturated rings. The highest BCUT2D eigenvalue weighted by atomic mass is 35.5. The molecule has 0 bridgehead atoms. The van der Waals surface area contributed by atoms with Gasteiger partial charge in [0.2, 0.25) is 0 Å². The van der Waals surface area contributed by atoms with E-state index >= 15 is 0 Å². The Morgan fingerprint density at radius 1 is 0.947 bits per heavy atom. The van der Waals surface area contributed by atoms with Crippen molar-refractivity contribution in [1.82, 2.24) is 0 Å². The van der Waals surface area contributed by atoms with E-state index in [2.05, 4.69) is 0 Å². The largest absolute Gasteiger partial charge is 0.259 e. The Labute approximate surface area is 123 Å². The molecular weight excluding hydrogens is 306 g/mol. The fourth-order valence-electron chi connectivity index (χ4n) is 1.65. The van der Waals surface area contributed by atoms with Crippen LogP contribution in [0.3, 0.4) is 0 Å². The van der Waals surface area contributed by atoms with E-state index in [-0.39, 0.29) is 5.75 Å². The van der Waals surface area contributed by atoms with Crippen molar-refractivity contribution in [1.29, 1.82) is 0 Å². The first-order valence-corrected chi connectivity index (χ1v) is 7.83. The van der Waals surface area contributed by atoms with Crippen molar-refractivity contribution >= 4 is 34.0 Å². The lowest BCUT2D eigenvalue weighted by Crippen LogP contribution is -2.01. The molecule has 2 aromatic rings. The van der Waals surface area contributed by atoms with Crippen molar-refractivity contribution in [3.05, 3.63) is 69.5 Å². The Morgan fingerprint density at radius 2 is 1.58 bits per heavy atom. The Bertz CT molecular complexity index is 616. The summed E-state index contributed by atoms with van der Waals surface area (Å²) in [5, 5.41) is 0.897. The minimum atomic E-state index is -1.14. The lowest BCUT2D eigenvalue weighted by atomic mass is 10.2. The average Bonchev–Trinajstić information content (AvgIpc) is 2.36. The molecule has 19 heavy (non-hydrogen) atoms. The molecule has 0 saturated carbocycles. The molecule has 0 N–H and O–H groups in total. The monoisotopic (exact) mass is 316 g/mol. The highest BCUT2D eigenvalue weighted by molar-refractivity contribution is 7.83. The highest BCUT2D eigenvalue weighted by Crippen LogP contribution is 2.21. The van der Waals surface area contributed by atoms with Crippen LogP contribution in [0.4, 0.5) is 4.39 Å². The molecule has 0 aromatic heterocycles. The first-order chi connectivity index (χ1) is 9.06. The second kappa shape index (κ2) is 6.51. The van der Waals surface area contributed by atoms with Crippen molar-refractivity contribution in [2.75, 3.05) is 0 Å². The van der Waals surface area contributed by atoms with E-state index < -0.39 is 16.6 Å². The van der Waals surface area contributed by atoms with Gasteiger partial charge in [0, 0.05) is 20.8 Å². The quantitative estimate of drug-likeness (QED) is 0.806. The Morgan fingerprint density at radius 3 is 2.21 bits per heavy atom. The topological polar surface area (TPSA) is 17.1 Å². The standard InChI is InChI=1S/C14H11Cl2FOS/c15-13-4-2-1-3-10(13)8-19(18)9-11-5-6-12(17)7-14(11)16/h1-7H,8-9H2. The molecular formula is C14H11Cl2FOS. The smallest absolute Gasteiger partial charge is 0.124 e. The Kier molecular flexibility index (Phi) is 4.97. The van der Waals surface area contributed by atoms with Gasteiger partial charge >= 0.3 is 0 Å². The summed E-state index contributed by atoms with van der Waals surface area (Å²) in [6.07, 6.45) is 0. The van der Waals surface area contributed by atoms with E-state index in [1.165, 1.54) is 12.1 Å². The van der Waals surface area contributed by atoms with Gasteiger partial charge in [0.25, 0.3) is 0 Å². The van der Waals surface area contributed by atoms with Crippen LogP contribution in [-0.4, -0.2) is 4.21 Å². The van der Waals surface area contributed by atoms with Crippen molar-refractivity contribution in [3.8, 4) is 0 Å². The summed E-state index contributed by atoms with van der Waals surface area (Å²) >= 11 is 11.9. The molecule has 1 unspecified atom stereocenters. The molecule has 0 heterocycles. The number of rotatable bonds is 4. The van der Waals surface area contributed by atoms with Gasteiger partial charge in [-0.15, -0.1) is 0 Å². The molecule has 5 heteroatoms. The molecule has 1 nitrogen and oxygen atoms in total. The second-order valence-corrected chi connectivity index (χ2v) is 6.33. The maximum atomic E-state index is 12.9. The van der Waals surface area contributed by atoms with E-state index in [4.69, 9.17) is 23.2 Å². The molecule has 100 valence electrons. The summed E-state index contributed by atoms with van der Waals surface area (Å²) < 4.78 is 25.0. The maximum absolute atomic E-state index is 12.9. The van der Waals surface area contributed by atoms with Crippen molar-refractivity contribution in [2.45, 2.75) is 11.5 Å². The summed E-state index contributed by atoms with van der Waals surface area (Å²) in [7, 11) is -1.14. The molecule has 2 rings (SSSR count). The van der Waals surface area contributed by atoms with Gasteiger partial charge in [-0.1, -0.05) is 47.5 Å². The van der Waals surface area contributed by atoms with E-state index in [9.17, 15) is 8.60 Å². The number of hydrogen-bond donors (Lipinski definition) is 0. The van der Waals surface area contributed by atoms with E-state index in [1.54, 1.807) is 12.1 Å². The number of benzene rings is 2. The highest BCUT2D eigenvalue weighted by Gasteiger charge is 2.09. The van der Waals surface area contributed by atoms with Crippen LogP contribution in [-0.2, 0) is 22.3 Å². The molecule has 0 aliphatic heterocycles. The molecule has 0 radical (unpaired) electrons. The summed E-state index contributed by atoms with van der Waals surface area (Å²) in [5.74, 6) is 0.239. The van der Waals surface area contributed by atoms with Crippen LogP contribution in [0.1, 0.15) is 11.1 Å². The number of halogens is 3. The summed E-state index contributed by atoms with van der Waals surface area (Å²) in [4.78, 5) is 0. The third-order valence-electron chi connectivity index (χ3n) is 2.61. The molecule has 1 atom stereocenters.